The molecule has 4 aromatic carbocycles. The quantitative estimate of drug-likeness (QED) is 0.0123. The van der Waals surface area contributed by atoms with Crippen LogP contribution < -0.4 is 24.2 Å². The lowest BCUT2D eigenvalue weighted by Crippen LogP contribution is -2.47. The number of nitrogens with zero attached hydrogens (tertiary/aromatic N) is 4. The number of anilines is 3. The van der Waals surface area contributed by atoms with Crippen LogP contribution in [-0.2, 0) is 59.3 Å². The van der Waals surface area contributed by atoms with Crippen molar-refractivity contribution in [3.63, 3.8) is 0 Å². The van der Waals surface area contributed by atoms with E-state index < -0.39 is 84.3 Å². The summed E-state index contributed by atoms with van der Waals surface area (Å²) in [4.78, 5) is 110. The highest BCUT2D eigenvalue weighted by atomic mass is 35.5. The highest BCUT2D eigenvalue weighted by molar-refractivity contribution is 7.90. The molecule has 0 N–H and O–H groups in total. The van der Waals surface area contributed by atoms with E-state index in [0.717, 1.165) is 96.4 Å². The summed E-state index contributed by atoms with van der Waals surface area (Å²) in [6, 6.07) is 18.3. The first-order chi connectivity index (χ1) is 41.2. The summed E-state index contributed by atoms with van der Waals surface area (Å²) in [5.41, 5.74) is 3.44. The minimum absolute atomic E-state index is 0.000883. The molecule has 0 radical (unpaired) electrons. The maximum atomic E-state index is 14.5. The molecule has 470 valence electrons. The van der Waals surface area contributed by atoms with E-state index in [2.05, 4.69) is 13.0 Å². The molecule has 8 rings (SSSR count). The Labute approximate surface area is 524 Å². The predicted molar refractivity (Wildman–Crippen MR) is 328 cm³/mol. The number of sulfone groups is 1. The average molecular weight is 1310 g/mol. The van der Waals surface area contributed by atoms with E-state index in [1.165, 1.54) is 6.07 Å². The number of esters is 1. The Balaban J connectivity index is 0.000000217. The van der Waals surface area contributed by atoms with Gasteiger partial charge in [0.15, 0.2) is 38.6 Å². The number of nitro groups is 1. The lowest BCUT2D eigenvalue weighted by Gasteiger charge is -2.35. The van der Waals surface area contributed by atoms with Crippen LogP contribution in [0.5, 0.6) is 11.5 Å². The van der Waals surface area contributed by atoms with Crippen LogP contribution in [0.2, 0.25) is 5.02 Å². The topological polar surface area (TPSA) is 260 Å². The van der Waals surface area contributed by atoms with E-state index in [1.807, 2.05) is 64.1 Å². The second-order valence-electron chi connectivity index (χ2n) is 20.6. The number of benzene rings is 4. The van der Waals surface area contributed by atoms with Crippen LogP contribution in [0.1, 0.15) is 113 Å². The van der Waals surface area contributed by atoms with Crippen LogP contribution in [0.15, 0.2) is 88.8 Å². The highest BCUT2D eigenvalue weighted by Crippen LogP contribution is 2.40. The van der Waals surface area contributed by atoms with Gasteiger partial charge in [-0.25, -0.2) is 22.5 Å². The van der Waals surface area contributed by atoms with Crippen molar-refractivity contribution in [3.8, 4) is 11.5 Å². The number of nitro benzene ring substituents is 1. The molecule has 20 nitrogen and oxygen atoms in total. The van der Waals surface area contributed by atoms with Gasteiger partial charge >= 0.3 is 5.97 Å². The molecule has 0 spiro atoms. The Morgan fingerprint density at radius 3 is 2.10 bits per heavy atom. The zero-order valence-corrected chi connectivity index (χ0v) is 53.0. The van der Waals surface area contributed by atoms with Crippen LogP contribution in [0.3, 0.4) is 0 Å². The maximum absolute atomic E-state index is 14.5. The Morgan fingerprint density at radius 2 is 1.53 bits per heavy atom. The third-order valence-electron chi connectivity index (χ3n) is 14.2. The molecule has 26 heteroatoms. The van der Waals surface area contributed by atoms with Crippen molar-refractivity contribution < 1.29 is 75.0 Å². The maximum Gasteiger partial charge on any atom is 0.344 e. The minimum atomic E-state index is -3.70. The fourth-order valence-corrected chi connectivity index (χ4v) is 11.2. The number of halogens is 5. The number of methoxy groups -OCH3 is 1. The van der Waals surface area contributed by atoms with Gasteiger partial charge in [-0.15, -0.1) is 11.6 Å². The fourth-order valence-electron chi connectivity index (χ4n) is 9.99. The lowest BCUT2D eigenvalue weighted by molar-refractivity contribution is -0.385. The number of imide groups is 1. The van der Waals surface area contributed by atoms with Crippen molar-refractivity contribution in [2.24, 2.45) is 5.92 Å². The lowest BCUT2D eigenvalue weighted by atomic mass is 9.81. The molecule has 0 aromatic heterocycles. The summed E-state index contributed by atoms with van der Waals surface area (Å²) in [5.74, 6) is -5.76. The first kappa shape index (κ1) is 70.9. The van der Waals surface area contributed by atoms with Crippen LogP contribution >= 0.6 is 46.4 Å². The van der Waals surface area contributed by atoms with E-state index in [4.69, 9.17) is 65.4 Å². The van der Waals surface area contributed by atoms with E-state index in [-0.39, 0.29) is 64.0 Å². The number of ether oxygens (including phenoxy) is 4. The molecule has 0 bridgehead atoms. The number of Topliss-reactive ketones (excluding diaryl/α,β-unsaturated/α-hetero) is 3. The number of alkyl halides is 3. The Hall–Kier alpha value is -6.82. The molecule has 4 aromatic rings. The molecule has 1 fully saturated rings. The Kier molecular flexibility index (Phi) is 26.9. The molecule has 2 aliphatic heterocycles. The summed E-state index contributed by atoms with van der Waals surface area (Å²) in [6.07, 6.45) is 7.65. The molecular weight excluding hydrogens is 1240 g/mol. The summed E-state index contributed by atoms with van der Waals surface area (Å²) in [5, 5.41) is 11.1. The van der Waals surface area contributed by atoms with Gasteiger partial charge in [0.05, 0.1) is 62.8 Å². The fraction of sp³-hybridized carbons (Fsp3) is 0.443. The third kappa shape index (κ3) is 18.2. The predicted octanol–water partition coefficient (Wildman–Crippen LogP) is 11.2. The number of amides is 4. The van der Waals surface area contributed by atoms with Gasteiger partial charge in [-0.1, -0.05) is 91.8 Å². The number of ketones is 3. The smallest absolute Gasteiger partial charge is 0.344 e. The molecule has 4 amide bonds. The first-order valence-electron chi connectivity index (χ1n) is 28.0. The van der Waals surface area contributed by atoms with Crippen molar-refractivity contribution >= 4 is 126 Å². The van der Waals surface area contributed by atoms with E-state index in [0.29, 0.717) is 56.0 Å². The van der Waals surface area contributed by atoms with E-state index in [9.17, 15) is 61.3 Å². The van der Waals surface area contributed by atoms with Crippen LogP contribution in [0.25, 0.3) is 0 Å². The van der Waals surface area contributed by atoms with Crippen LogP contribution in [-0.4, -0.2) is 123 Å². The van der Waals surface area contributed by atoms with Crippen molar-refractivity contribution in [1.82, 2.24) is 0 Å². The summed E-state index contributed by atoms with van der Waals surface area (Å²) >= 11 is 23.0. The number of para-hydroxylation sites is 3. The Bertz CT molecular complexity index is 3360. The highest BCUT2D eigenvalue weighted by Gasteiger charge is 2.42. The van der Waals surface area contributed by atoms with Gasteiger partial charge in [0.1, 0.15) is 35.7 Å². The number of carbonyl (C=O) groups is 8. The van der Waals surface area contributed by atoms with Gasteiger partial charge in [-0.3, -0.25) is 43.7 Å². The van der Waals surface area contributed by atoms with Gasteiger partial charge in [0.2, 0.25) is 5.91 Å². The van der Waals surface area contributed by atoms with Gasteiger partial charge in [-0.05, 0) is 107 Å². The monoisotopic (exact) mass is 1300 g/mol. The van der Waals surface area contributed by atoms with Crippen LogP contribution in [0.4, 0.5) is 27.1 Å². The van der Waals surface area contributed by atoms with E-state index in [1.54, 1.807) is 16.9 Å². The normalized spacial score (nSPS) is 16.0. The summed E-state index contributed by atoms with van der Waals surface area (Å²) in [7, 11) is -2.06. The molecule has 4 aliphatic rings. The molecule has 2 atom stereocenters. The van der Waals surface area contributed by atoms with Crippen molar-refractivity contribution in [2.45, 2.75) is 127 Å². The zero-order chi connectivity index (χ0) is 64.4. The molecule has 2 unspecified atom stereocenters. The third-order valence-corrected chi connectivity index (χ3v) is 16.3. The first-order valence-corrected chi connectivity index (χ1v) is 31.7. The van der Waals surface area contributed by atoms with Gasteiger partial charge in [0, 0.05) is 49.5 Å². The van der Waals surface area contributed by atoms with Crippen molar-refractivity contribution in [2.75, 3.05) is 60.4 Å². The molecule has 2 heterocycles. The summed E-state index contributed by atoms with van der Waals surface area (Å²) in [6.45, 7) is 10.8. The SMILES string of the molecule is CC1COc2ccccc2N1C(=O)C(Cl)Cl.CCCCCOC(=O)COc1cc(N2C(=O)C3=C(CCCC3)C2=O)c(F)cc1Cl.CCc1cccc(C)c1N(C(=O)CCl)C(C)COC.CS(=O)(=O)c1ccc(C(=O)C2C(=O)CCCC2=O)c([N+](=O)[O-])c1. The average Bonchev–Trinajstić information content (AvgIpc) is 1.81. The zero-order valence-electron chi connectivity index (χ0n) is 49.2. The number of unbranched alkanes of at least 4 members (excludes halogenated alkanes) is 2. The largest absolute Gasteiger partial charge is 0.489 e. The standard InChI is InChI=1S/C21H23ClFNO5.C15H22ClNO2.C14H13NO7S.C11H11Cl2NO2/c1-2-3-6-9-28-19(25)12-29-18-11-17(16(23)10-15(18)22)24-20(26)13-7-4-5-8-14(13)21(24)27;1-5-13-8-6-7-11(2)15(13)17(14(18)9-16)12(3)10-19-4;1-23(21,22)8-5-6-9(10(7-8)15(19)20)14(18)13-11(16)3-2-4-12(13)17;1-7-6-16-9-5-3-2-4-8(9)14(7)11(15)10(12)13/h10-11H,2-9,12H2,1H3;6-8,12H,5,9-10H2,1-4H3;5-7,13H,2-4H2,1H3;2-5,7,10H,6H2,1H3. The number of carbonyl (C=O) groups excluding carboxylic acids is 8. The molecule has 87 heavy (non-hydrogen) atoms. The molecule has 1 saturated carbocycles. The number of rotatable bonds is 19. The number of hydrogen-bond acceptors (Lipinski definition) is 16. The molecule has 2 aliphatic carbocycles. The Morgan fingerprint density at radius 1 is 0.885 bits per heavy atom. The van der Waals surface area contributed by atoms with Gasteiger partial charge < -0.3 is 28.7 Å². The number of aryl methyl sites for hydroxylation is 2. The van der Waals surface area contributed by atoms with Gasteiger partial charge in [0.25, 0.3) is 23.4 Å². The minimum Gasteiger partial charge on any atom is -0.489 e. The van der Waals surface area contributed by atoms with Crippen molar-refractivity contribution in [1.29, 1.82) is 0 Å². The number of hydrogen-bond donors (Lipinski definition) is 0. The van der Waals surface area contributed by atoms with Crippen molar-refractivity contribution in [3.05, 3.63) is 122 Å². The molecule has 0 saturated heterocycles. The van der Waals surface area contributed by atoms with E-state index >= 15 is 0 Å². The second-order valence-corrected chi connectivity index (χ2v) is 24.4. The molecular formula is C61H69Cl4FN4O16S. The van der Waals surface area contributed by atoms with Gasteiger partial charge in [-0.2, -0.15) is 0 Å². The number of fused-ring (bicyclic) bond motifs is 1. The second kappa shape index (κ2) is 33.0. The summed E-state index contributed by atoms with van der Waals surface area (Å²) < 4.78 is 58.6. The van der Waals surface area contributed by atoms with Crippen LogP contribution in [0, 0.1) is 28.8 Å².